The number of piperidine rings is 1. The van der Waals surface area contributed by atoms with Crippen molar-refractivity contribution in [2.75, 3.05) is 37.0 Å². The number of hydrogen-bond donors (Lipinski definition) is 2. The Morgan fingerprint density at radius 3 is 2.72 bits per heavy atom. The van der Waals surface area contributed by atoms with Crippen molar-refractivity contribution in [1.29, 1.82) is 0 Å². The van der Waals surface area contributed by atoms with E-state index in [2.05, 4.69) is 34.7 Å². The Balaban J connectivity index is 1.40. The number of carbonyl (C=O) groups is 2. The number of imidazole rings is 1. The van der Waals surface area contributed by atoms with Gasteiger partial charge in [-0.15, -0.1) is 0 Å². The van der Waals surface area contributed by atoms with Gasteiger partial charge in [-0.3, -0.25) is 19.0 Å². The number of hydrogen-bond acceptors (Lipinski definition) is 7. The number of nitrogens with one attached hydrogen (secondary N) is 2. The number of aromatic nitrogens is 4. The predicted octanol–water partition coefficient (Wildman–Crippen LogP) is 2.91. The zero-order chi connectivity index (χ0) is 27.4. The Bertz CT molecular complexity index is 1460. The third kappa shape index (κ3) is 5.92. The summed E-state index contributed by atoms with van der Waals surface area (Å²) in [6.45, 7) is 3.80. The average molecular weight is 546 g/mol. The van der Waals surface area contributed by atoms with Crippen LogP contribution in [0.2, 0.25) is 0 Å². The molecule has 0 radical (unpaired) electrons. The van der Waals surface area contributed by atoms with Crippen LogP contribution in [0.5, 0.6) is 0 Å². The van der Waals surface area contributed by atoms with Gasteiger partial charge in [0.05, 0.1) is 18.0 Å². The monoisotopic (exact) mass is 545 g/mol. The Morgan fingerprint density at radius 1 is 1.15 bits per heavy atom. The summed E-state index contributed by atoms with van der Waals surface area (Å²) in [7, 11) is 4.32. The lowest BCUT2D eigenvalue weighted by molar-refractivity contribution is -0.126. The molecule has 202 valence electrons. The van der Waals surface area contributed by atoms with Crippen LogP contribution >= 0.6 is 9.24 Å². The fourth-order valence-corrected chi connectivity index (χ4v) is 5.26. The zero-order valence-corrected chi connectivity index (χ0v) is 23.2. The van der Waals surface area contributed by atoms with Gasteiger partial charge in [0.25, 0.3) is 5.91 Å². The average Bonchev–Trinajstić information content (AvgIpc) is 3.35. The van der Waals surface area contributed by atoms with Crippen molar-refractivity contribution < 1.29 is 14.3 Å². The standard InChI is InChI=1S/C28H32N7O3P/c1-18(17-38-2)31-26(37)21-6-5-14-34(16-21)28-33-23(24-27(39)30-13-15-35(24)28)19-8-10-20(11-9-19)25(36)32-22-7-3-4-12-29-22/h3-4,7-13,15,18,21H,5-6,14,16-17,39H2,1-2H3,(H,31,37)(H,29,32,36). The van der Waals surface area contributed by atoms with Crippen molar-refractivity contribution in [2.24, 2.45) is 5.92 Å². The van der Waals surface area contributed by atoms with Gasteiger partial charge in [0, 0.05) is 56.0 Å². The molecule has 39 heavy (non-hydrogen) atoms. The van der Waals surface area contributed by atoms with E-state index in [1.807, 2.05) is 35.7 Å². The van der Waals surface area contributed by atoms with E-state index in [-0.39, 0.29) is 23.8 Å². The number of ether oxygens (including phenoxy) is 1. The van der Waals surface area contributed by atoms with E-state index in [0.29, 0.717) is 24.5 Å². The van der Waals surface area contributed by atoms with E-state index in [4.69, 9.17) is 9.72 Å². The molecule has 3 aromatic heterocycles. The van der Waals surface area contributed by atoms with Gasteiger partial charge in [0.2, 0.25) is 11.9 Å². The van der Waals surface area contributed by atoms with Gasteiger partial charge in [0.1, 0.15) is 17.0 Å². The number of rotatable bonds is 8. The first-order chi connectivity index (χ1) is 18.9. The summed E-state index contributed by atoms with van der Waals surface area (Å²) in [4.78, 5) is 41.5. The third-order valence-electron chi connectivity index (χ3n) is 6.77. The van der Waals surface area contributed by atoms with Crippen molar-refractivity contribution in [2.45, 2.75) is 25.8 Å². The summed E-state index contributed by atoms with van der Waals surface area (Å²) in [5.74, 6) is 0.935. The number of amides is 2. The number of anilines is 2. The molecule has 3 unspecified atom stereocenters. The topological polar surface area (TPSA) is 114 Å². The molecule has 2 amide bonds. The predicted molar refractivity (Wildman–Crippen MR) is 154 cm³/mol. The molecule has 1 aromatic carbocycles. The smallest absolute Gasteiger partial charge is 0.256 e. The van der Waals surface area contributed by atoms with Crippen LogP contribution in [-0.4, -0.2) is 64.0 Å². The molecule has 11 heteroatoms. The second kappa shape index (κ2) is 11.9. The third-order valence-corrected chi connectivity index (χ3v) is 7.19. The highest BCUT2D eigenvalue weighted by Crippen LogP contribution is 2.31. The normalized spacial score (nSPS) is 16.2. The van der Waals surface area contributed by atoms with Crippen LogP contribution < -0.4 is 21.0 Å². The Morgan fingerprint density at radius 2 is 1.97 bits per heavy atom. The Hall–Kier alpha value is -3.88. The van der Waals surface area contributed by atoms with Crippen LogP contribution in [0.15, 0.2) is 61.1 Å². The van der Waals surface area contributed by atoms with Gasteiger partial charge < -0.3 is 20.3 Å². The summed E-state index contributed by atoms with van der Waals surface area (Å²) in [5.41, 5.74) is 3.78. The lowest BCUT2D eigenvalue weighted by Gasteiger charge is -2.32. The van der Waals surface area contributed by atoms with Gasteiger partial charge in [0.15, 0.2) is 0 Å². The second-order valence-electron chi connectivity index (χ2n) is 9.69. The quantitative estimate of drug-likeness (QED) is 0.327. The second-order valence-corrected chi connectivity index (χ2v) is 10.2. The molecule has 5 rings (SSSR count). The van der Waals surface area contributed by atoms with Crippen LogP contribution in [0.1, 0.15) is 30.1 Å². The van der Waals surface area contributed by atoms with Gasteiger partial charge in [-0.2, -0.15) is 0 Å². The molecule has 1 aliphatic rings. The minimum absolute atomic E-state index is 0.0401. The van der Waals surface area contributed by atoms with Gasteiger partial charge in [-0.05, 0) is 44.0 Å². The molecule has 0 bridgehead atoms. The van der Waals surface area contributed by atoms with E-state index in [9.17, 15) is 9.59 Å². The number of fused-ring (bicyclic) bond motifs is 1. The molecule has 2 N–H and O–H groups in total. The maximum absolute atomic E-state index is 12.9. The summed E-state index contributed by atoms with van der Waals surface area (Å²) >= 11 is 0. The van der Waals surface area contributed by atoms with Crippen LogP contribution in [0.25, 0.3) is 16.8 Å². The molecule has 3 atom stereocenters. The van der Waals surface area contributed by atoms with Gasteiger partial charge >= 0.3 is 0 Å². The minimum atomic E-state index is -0.235. The molecule has 0 saturated carbocycles. The van der Waals surface area contributed by atoms with Crippen LogP contribution in [0.4, 0.5) is 11.8 Å². The van der Waals surface area contributed by atoms with Crippen molar-refractivity contribution in [1.82, 2.24) is 24.7 Å². The molecule has 4 heterocycles. The lowest BCUT2D eigenvalue weighted by Crippen LogP contribution is -2.46. The highest BCUT2D eigenvalue weighted by atomic mass is 31.0. The van der Waals surface area contributed by atoms with E-state index < -0.39 is 0 Å². The lowest BCUT2D eigenvalue weighted by atomic mass is 9.97. The number of methoxy groups -OCH3 is 1. The fraction of sp³-hybridized carbons (Fsp3) is 0.321. The van der Waals surface area contributed by atoms with Crippen molar-refractivity contribution in [3.63, 3.8) is 0 Å². The van der Waals surface area contributed by atoms with Gasteiger partial charge in [-0.1, -0.05) is 27.4 Å². The summed E-state index contributed by atoms with van der Waals surface area (Å²) in [6.07, 6.45) is 6.99. The van der Waals surface area contributed by atoms with Crippen molar-refractivity contribution >= 4 is 43.8 Å². The van der Waals surface area contributed by atoms with Crippen LogP contribution in [-0.2, 0) is 9.53 Å². The molecule has 1 saturated heterocycles. The molecule has 10 nitrogen and oxygen atoms in total. The maximum Gasteiger partial charge on any atom is 0.256 e. The van der Waals surface area contributed by atoms with Crippen molar-refractivity contribution in [3.8, 4) is 11.3 Å². The number of benzene rings is 1. The Kier molecular flexibility index (Phi) is 8.14. The summed E-state index contributed by atoms with van der Waals surface area (Å²) in [5, 5.41) is 5.87. The SMILES string of the molecule is COCC(C)NC(=O)C1CCCN(c2nc(-c3ccc(C(=O)Nc4ccccn4)cc3)c3c(P)nccn23)C1. The van der Waals surface area contributed by atoms with Crippen molar-refractivity contribution in [3.05, 3.63) is 66.6 Å². The van der Waals surface area contributed by atoms with E-state index in [1.165, 1.54) is 0 Å². The molecule has 4 aromatic rings. The van der Waals surface area contributed by atoms with Crippen LogP contribution in [0, 0.1) is 5.92 Å². The number of carbonyl (C=O) groups excluding carboxylic acids is 2. The Labute approximate surface area is 229 Å². The maximum atomic E-state index is 12.9. The first-order valence-electron chi connectivity index (χ1n) is 12.9. The molecule has 0 spiro atoms. The van der Waals surface area contributed by atoms with E-state index in [1.54, 1.807) is 43.8 Å². The highest BCUT2D eigenvalue weighted by Gasteiger charge is 2.29. The van der Waals surface area contributed by atoms with Crippen LogP contribution in [0.3, 0.4) is 0 Å². The molecule has 1 fully saturated rings. The first kappa shape index (κ1) is 26.7. The minimum Gasteiger partial charge on any atom is -0.383 e. The molecule has 1 aliphatic heterocycles. The van der Waals surface area contributed by atoms with E-state index in [0.717, 1.165) is 47.5 Å². The first-order valence-corrected chi connectivity index (χ1v) is 13.5. The van der Waals surface area contributed by atoms with Gasteiger partial charge in [-0.25, -0.2) is 9.97 Å². The number of nitrogens with zero attached hydrogens (tertiary/aromatic N) is 5. The largest absolute Gasteiger partial charge is 0.383 e. The van der Waals surface area contributed by atoms with E-state index >= 15 is 0 Å². The zero-order valence-electron chi connectivity index (χ0n) is 22.0. The highest BCUT2D eigenvalue weighted by molar-refractivity contribution is 7.27. The fourth-order valence-electron chi connectivity index (χ4n) is 4.90. The summed E-state index contributed by atoms with van der Waals surface area (Å²) < 4.78 is 7.19. The summed E-state index contributed by atoms with van der Waals surface area (Å²) in [6, 6.07) is 12.6. The molecular formula is C28H32N7O3P. The molecular weight excluding hydrogens is 513 g/mol. The number of pyridine rings is 1. The molecule has 0 aliphatic carbocycles.